The van der Waals surface area contributed by atoms with Crippen molar-refractivity contribution in [1.29, 1.82) is 0 Å². The molecule has 4 heteroatoms. The van der Waals surface area contributed by atoms with Gasteiger partial charge in [-0.3, -0.25) is 0 Å². The van der Waals surface area contributed by atoms with Crippen molar-refractivity contribution < 1.29 is 14.6 Å². The zero-order chi connectivity index (χ0) is 11.7. The van der Waals surface area contributed by atoms with E-state index in [9.17, 15) is 5.11 Å². The summed E-state index contributed by atoms with van der Waals surface area (Å²) in [5.74, 6) is 0. The van der Waals surface area contributed by atoms with Gasteiger partial charge >= 0.3 is 0 Å². The zero-order valence-electron chi connectivity index (χ0n) is 9.58. The van der Waals surface area contributed by atoms with Crippen LogP contribution in [0.5, 0.6) is 0 Å². The van der Waals surface area contributed by atoms with Gasteiger partial charge in [-0.25, -0.2) is 0 Å². The van der Waals surface area contributed by atoms with Crippen molar-refractivity contribution in [3.63, 3.8) is 0 Å². The Bertz CT molecular complexity index is 370. The van der Waals surface area contributed by atoms with Gasteiger partial charge < -0.3 is 19.9 Å². The Morgan fingerprint density at radius 1 is 1.29 bits per heavy atom. The van der Waals surface area contributed by atoms with Gasteiger partial charge in [-0.2, -0.15) is 0 Å². The summed E-state index contributed by atoms with van der Waals surface area (Å²) in [5, 5.41) is 13.3. The van der Waals surface area contributed by atoms with Gasteiger partial charge in [0.2, 0.25) is 0 Å². The van der Waals surface area contributed by atoms with Gasteiger partial charge in [0.1, 0.15) is 0 Å². The molecule has 2 N–H and O–H groups in total. The molecule has 0 amide bonds. The Morgan fingerprint density at radius 3 is 2.94 bits per heavy atom. The highest BCUT2D eigenvalue weighted by Crippen LogP contribution is 2.27. The lowest BCUT2D eigenvalue weighted by atomic mass is 10.0. The molecule has 2 bridgehead atoms. The first-order valence-electron chi connectivity index (χ1n) is 6.05. The highest BCUT2D eigenvalue weighted by molar-refractivity contribution is 5.14. The quantitative estimate of drug-likeness (QED) is 0.807. The largest absolute Gasteiger partial charge is 0.391 e. The number of fused-ring (bicyclic) bond motifs is 2. The highest BCUT2D eigenvalue weighted by atomic mass is 16.7. The average Bonchev–Trinajstić information content (AvgIpc) is 2.73. The lowest BCUT2D eigenvalue weighted by Crippen LogP contribution is -2.52. The van der Waals surface area contributed by atoms with Crippen molar-refractivity contribution >= 4 is 0 Å². The van der Waals surface area contributed by atoms with E-state index in [0.717, 1.165) is 6.54 Å². The Balaban J connectivity index is 1.61. The molecule has 0 saturated carbocycles. The van der Waals surface area contributed by atoms with E-state index >= 15 is 0 Å². The van der Waals surface area contributed by atoms with Crippen LogP contribution in [0.4, 0.5) is 0 Å². The highest BCUT2D eigenvalue weighted by Gasteiger charge is 2.43. The standard InChI is InChI=1S/C13H17NO3/c15-11-6-10-8-16-13(17-10)12(11)14-7-9-4-2-1-3-5-9/h1-5,10-15H,6-8H2/t10-,11-,12+,13+/m0/s1. The first kappa shape index (κ1) is 11.2. The van der Waals surface area contributed by atoms with E-state index in [1.807, 2.05) is 18.2 Å². The van der Waals surface area contributed by atoms with Crippen LogP contribution in [0.2, 0.25) is 0 Å². The summed E-state index contributed by atoms with van der Waals surface area (Å²) in [5.41, 5.74) is 1.19. The minimum atomic E-state index is -0.384. The second kappa shape index (κ2) is 4.74. The number of aliphatic hydroxyl groups excluding tert-OH is 1. The molecule has 92 valence electrons. The van der Waals surface area contributed by atoms with Crippen LogP contribution >= 0.6 is 0 Å². The van der Waals surface area contributed by atoms with Gasteiger partial charge in [0, 0.05) is 13.0 Å². The fourth-order valence-corrected chi connectivity index (χ4v) is 2.44. The third-order valence-corrected chi connectivity index (χ3v) is 3.37. The number of hydrogen-bond donors (Lipinski definition) is 2. The molecule has 17 heavy (non-hydrogen) atoms. The Morgan fingerprint density at radius 2 is 2.12 bits per heavy atom. The van der Waals surface area contributed by atoms with Crippen LogP contribution in [0, 0.1) is 0 Å². The van der Waals surface area contributed by atoms with Gasteiger partial charge in [0.05, 0.1) is 24.9 Å². The van der Waals surface area contributed by atoms with Crippen LogP contribution in [0.15, 0.2) is 30.3 Å². The number of hydrogen-bond acceptors (Lipinski definition) is 4. The van der Waals surface area contributed by atoms with E-state index in [4.69, 9.17) is 9.47 Å². The molecule has 2 heterocycles. The normalized spacial score (nSPS) is 36.1. The maximum Gasteiger partial charge on any atom is 0.175 e. The van der Waals surface area contributed by atoms with Crippen LogP contribution < -0.4 is 5.32 Å². The maximum absolute atomic E-state index is 10.0. The van der Waals surface area contributed by atoms with Crippen molar-refractivity contribution in [3.8, 4) is 0 Å². The minimum Gasteiger partial charge on any atom is -0.391 e. The molecule has 3 rings (SSSR count). The monoisotopic (exact) mass is 235 g/mol. The SMILES string of the molecule is O[C@H]1C[C@H]2CO[C@H](O2)[C@@H]1NCc1ccccc1. The Hall–Kier alpha value is -0.940. The van der Waals surface area contributed by atoms with Crippen molar-refractivity contribution in [2.24, 2.45) is 0 Å². The van der Waals surface area contributed by atoms with E-state index < -0.39 is 0 Å². The minimum absolute atomic E-state index is 0.0739. The van der Waals surface area contributed by atoms with Gasteiger partial charge in [0.25, 0.3) is 0 Å². The molecule has 4 nitrogen and oxygen atoms in total. The van der Waals surface area contributed by atoms with Crippen LogP contribution in [-0.2, 0) is 16.0 Å². The topological polar surface area (TPSA) is 50.7 Å². The fraction of sp³-hybridized carbons (Fsp3) is 0.538. The first-order valence-corrected chi connectivity index (χ1v) is 6.05. The van der Waals surface area contributed by atoms with Crippen LogP contribution in [0.25, 0.3) is 0 Å². The predicted octanol–water partition coefficient (Wildman–Crippen LogP) is 0.651. The van der Waals surface area contributed by atoms with Crippen LogP contribution in [0.1, 0.15) is 12.0 Å². The van der Waals surface area contributed by atoms with E-state index in [0.29, 0.717) is 13.0 Å². The van der Waals surface area contributed by atoms with Crippen molar-refractivity contribution in [2.75, 3.05) is 6.61 Å². The first-order chi connectivity index (χ1) is 8.33. The van der Waals surface area contributed by atoms with E-state index in [2.05, 4.69) is 17.4 Å². The lowest BCUT2D eigenvalue weighted by Gasteiger charge is -2.32. The molecule has 4 atom stereocenters. The van der Waals surface area contributed by atoms with E-state index in [-0.39, 0.29) is 24.5 Å². The second-order valence-electron chi connectivity index (χ2n) is 4.66. The Labute approximate surface area is 101 Å². The molecule has 2 fully saturated rings. The molecule has 0 spiro atoms. The molecular weight excluding hydrogens is 218 g/mol. The summed E-state index contributed by atoms with van der Waals surface area (Å²) in [7, 11) is 0. The summed E-state index contributed by atoms with van der Waals surface area (Å²) in [6.07, 6.45) is 0.0466. The number of benzene rings is 1. The number of aliphatic hydroxyl groups is 1. The molecule has 1 aromatic carbocycles. The molecular formula is C13H17NO3. The van der Waals surface area contributed by atoms with E-state index in [1.54, 1.807) is 0 Å². The lowest BCUT2D eigenvalue weighted by molar-refractivity contribution is -0.140. The molecule has 2 aliphatic rings. The number of rotatable bonds is 3. The molecule has 0 aliphatic carbocycles. The molecule has 0 aromatic heterocycles. The van der Waals surface area contributed by atoms with Crippen LogP contribution in [0.3, 0.4) is 0 Å². The smallest absolute Gasteiger partial charge is 0.175 e. The summed E-state index contributed by atoms with van der Waals surface area (Å²) in [6, 6.07) is 9.99. The third kappa shape index (κ3) is 2.35. The van der Waals surface area contributed by atoms with Crippen molar-refractivity contribution in [2.45, 2.75) is 37.5 Å². The summed E-state index contributed by atoms with van der Waals surface area (Å²) in [4.78, 5) is 0. The molecule has 0 radical (unpaired) electrons. The van der Waals surface area contributed by atoms with Gasteiger partial charge in [-0.05, 0) is 5.56 Å². The number of ether oxygens (including phenoxy) is 2. The second-order valence-corrected chi connectivity index (χ2v) is 4.66. The summed E-state index contributed by atoms with van der Waals surface area (Å²) < 4.78 is 11.1. The van der Waals surface area contributed by atoms with Crippen molar-refractivity contribution in [3.05, 3.63) is 35.9 Å². The molecule has 1 aromatic rings. The Kier molecular flexibility index (Phi) is 3.11. The average molecular weight is 235 g/mol. The third-order valence-electron chi connectivity index (χ3n) is 3.37. The van der Waals surface area contributed by atoms with E-state index in [1.165, 1.54) is 5.56 Å². The van der Waals surface area contributed by atoms with Gasteiger partial charge in [-0.1, -0.05) is 30.3 Å². The predicted molar refractivity (Wildman–Crippen MR) is 62.3 cm³/mol. The molecule has 0 unspecified atom stereocenters. The van der Waals surface area contributed by atoms with Crippen LogP contribution in [-0.4, -0.2) is 36.3 Å². The summed E-state index contributed by atoms with van der Waals surface area (Å²) in [6.45, 7) is 1.32. The molecule has 2 saturated heterocycles. The van der Waals surface area contributed by atoms with Gasteiger partial charge in [0.15, 0.2) is 6.29 Å². The molecule has 2 aliphatic heterocycles. The zero-order valence-corrected chi connectivity index (χ0v) is 9.58. The van der Waals surface area contributed by atoms with Gasteiger partial charge in [-0.15, -0.1) is 0 Å². The fourth-order valence-electron chi connectivity index (χ4n) is 2.44. The summed E-state index contributed by atoms with van der Waals surface area (Å²) >= 11 is 0. The van der Waals surface area contributed by atoms with Crippen molar-refractivity contribution in [1.82, 2.24) is 5.32 Å². The maximum atomic E-state index is 10.0. The number of nitrogens with one attached hydrogen (secondary N) is 1.